The van der Waals surface area contributed by atoms with Crippen LogP contribution in [0.3, 0.4) is 0 Å². The molecule has 118 valence electrons. The molecule has 1 saturated carbocycles. The van der Waals surface area contributed by atoms with Crippen LogP contribution in [-0.4, -0.2) is 33.1 Å². The number of rotatable bonds is 5. The molecule has 5 nitrogen and oxygen atoms in total. The Kier molecular flexibility index (Phi) is 5.81. The largest absolute Gasteiger partial charge is 0.523 e. The summed E-state index contributed by atoms with van der Waals surface area (Å²) in [5, 5.41) is 0. The molecule has 0 N–H and O–H groups in total. The first-order valence-electron chi connectivity index (χ1n) is 6.24. The molecule has 0 radical (unpaired) electrons. The van der Waals surface area contributed by atoms with E-state index in [9.17, 15) is 26.4 Å². The van der Waals surface area contributed by atoms with Gasteiger partial charge in [0, 0.05) is 0 Å². The van der Waals surface area contributed by atoms with Gasteiger partial charge in [0.2, 0.25) is 0 Å². The van der Waals surface area contributed by atoms with Crippen LogP contribution in [0.15, 0.2) is 0 Å². The average Bonchev–Trinajstić information content (AvgIpc) is 2.36. The minimum absolute atomic E-state index is 0.0312. The number of carbonyl (C=O) groups is 1. The summed E-state index contributed by atoms with van der Waals surface area (Å²) in [6.45, 7) is 0. The number of alkyl halides is 3. The summed E-state index contributed by atoms with van der Waals surface area (Å²) < 4.78 is 67.1. The maximum Gasteiger partial charge on any atom is 0.523 e. The predicted octanol–water partition coefficient (Wildman–Crippen LogP) is 2.36. The standard InChI is InChI=1S/C11H17F3O5S/c1-18-10(15)9(7-8-5-3-2-4-6-8)19-20(16,17)11(12,13)14/h8-9H,2-7H2,1H3. The minimum Gasteiger partial charge on any atom is -0.467 e. The van der Waals surface area contributed by atoms with Crippen molar-refractivity contribution in [2.75, 3.05) is 7.11 Å². The number of hydrogen-bond donors (Lipinski definition) is 0. The van der Waals surface area contributed by atoms with E-state index in [1.165, 1.54) is 0 Å². The molecule has 0 spiro atoms. The van der Waals surface area contributed by atoms with Gasteiger partial charge in [-0.25, -0.2) is 8.98 Å². The third-order valence-electron chi connectivity index (χ3n) is 3.26. The lowest BCUT2D eigenvalue weighted by atomic mass is 9.85. The lowest BCUT2D eigenvalue weighted by Gasteiger charge is -2.25. The number of methoxy groups -OCH3 is 1. The second-order valence-corrected chi connectivity index (χ2v) is 6.31. The van der Waals surface area contributed by atoms with Gasteiger partial charge in [0.25, 0.3) is 0 Å². The average molecular weight is 318 g/mol. The summed E-state index contributed by atoms with van der Waals surface area (Å²) in [7, 11) is -4.83. The van der Waals surface area contributed by atoms with Gasteiger partial charge in [-0.3, -0.25) is 0 Å². The fourth-order valence-electron chi connectivity index (χ4n) is 2.24. The van der Waals surface area contributed by atoms with E-state index < -0.39 is 27.7 Å². The summed E-state index contributed by atoms with van der Waals surface area (Å²) in [6.07, 6.45) is 2.50. The van der Waals surface area contributed by atoms with Crippen molar-refractivity contribution in [2.45, 2.75) is 50.1 Å². The first-order valence-corrected chi connectivity index (χ1v) is 7.65. The Morgan fingerprint density at radius 1 is 1.25 bits per heavy atom. The van der Waals surface area contributed by atoms with Gasteiger partial charge in [-0.05, 0) is 12.3 Å². The highest BCUT2D eigenvalue weighted by Crippen LogP contribution is 2.31. The molecule has 1 rings (SSSR count). The molecule has 0 aromatic rings. The van der Waals surface area contributed by atoms with Gasteiger partial charge >= 0.3 is 21.6 Å². The highest BCUT2D eigenvalue weighted by atomic mass is 32.2. The molecule has 1 aliphatic rings. The predicted molar refractivity (Wildman–Crippen MR) is 63.1 cm³/mol. The SMILES string of the molecule is COC(=O)C(CC1CCCCC1)OS(=O)(=O)C(F)(F)F. The van der Waals surface area contributed by atoms with Gasteiger partial charge in [-0.15, -0.1) is 0 Å². The zero-order valence-corrected chi connectivity index (χ0v) is 11.8. The molecule has 1 fully saturated rings. The molecule has 1 atom stereocenters. The lowest BCUT2D eigenvalue weighted by Crippen LogP contribution is -2.36. The van der Waals surface area contributed by atoms with E-state index in [-0.39, 0.29) is 12.3 Å². The van der Waals surface area contributed by atoms with Crippen molar-refractivity contribution in [2.24, 2.45) is 5.92 Å². The van der Waals surface area contributed by atoms with Crippen molar-refractivity contribution >= 4 is 16.1 Å². The minimum atomic E-state index is -5.80. The fourth-order valence-corrected chi connectivity index (χ4v) is 2.81. The van der Waals surface area contributed by atoms with E-state index in [2.05, 4.69) is 8.92 Å². The van der Waals surface area contributed by atoms with Gasteiger partial charge in [-0.2, -0.15) is 21.6 Å². The number of hydrogen-bond acceptors (Lipinski definition) is 5. The summed E-state index contributed by atoms with van der Waals surface area (Å²) in [5.74, 6) is -1.14. The zero-order valence-electron chi connectivity index (χ0n) is 11.0. The molecule has 9 heteroatoms. The van der Waals surface area contributed by atoms with Crippen LogP contribution in [0, 0.1) is 5.92 Å². The van der Waals surface area contributed by atoms with Gasteiger partial charge in [0.1, 0.15) is 0 Å². The summed E-state index contributed by atoms with van der Waals surface area (Å²) in [5.41, 5.74) is -5.55. The normalized spacial score (nSPS) is 19.6. The maximum absolute atomic E-state index is 12.3. The van der Waals surface area contributed by atoms with Crippen molar-refractivity contribution < 1.29 is 35.3 Å². The van der Waals surface area contributed by atoms with Crippen LogP contribution in [0.4, 0.5) is 13.2 Å². The number of carbonyl (C=O) groups excluding carboxylic acids is 1. The molecule has 0 amide bonds. The Hall–Kier alpha value is -0.830. The molecule has 0 heterocycles. The lowest BCUT2D eigenvalue weighted by molar-refractivity contribution is -0.150. The highest BCUT2D eigenvalue weighted by molar-refractivity contribution is 7.87. The second kappa shape index (κ2) is 6.75. The number of ether oxygens (including phenoxy) is 1. The Balaban J connectivity index is 2.77. The molecule has 0 bridgehead atoms. The third-order valence-corrected chi connectivity index (χ3v) is 4.32. The van der Waals surface area contributed by atoms with E-state index in [1.54, 1.807) is 0 Å². The van der Waals surface area contributed by atoms with Crippen molar-refractivity contribution in [3.63, 3.8) is 0 Å². The molecule has 1 unspecified atom stereocenters. The van der Waals surface area contributed by atoms with Crippen LogP contribution in [0.1, 0.15) is 38.5 Å². The first-order chi connectivity index (χ1) is 9.17. The van der Waals surface area contributed by atoms with Crippen molar-refractivity contribution in [1.29, 1.82) is 0 Å². The highest BCUT2D eigenvalue weighted by Gasteiger charge is 2.49. The van der Waals surface area contributed by atoms with Crippen molar-refractivity contribution in [3.05, 3.63) is 0 Å². The number of esters is 1. The second-order valence-electron chi connectivity index (χ2n) is 4.75. The third kappa shape index (κ3) is 4.62. The number of halogens is 3. The Bertz CT molecular complexity index is 426. The molecule has 0 saturated heterocycles. The fraction of sp³-hybridized carbons (Fsp3) is 0.909. The smallest absolute Gasteiger partial charge is 0.467 e. The summed E-state index contributed by atoms with van der Waals surface area (Å²) >= 11 is 0. The molecule has 0 aliphatic heterocycles. The van der Waals surface area contributed by atoms with Crippen molar-refractivity contribution in [1.82, 2.24) is 0 Å². The van der Waals surface area contributed by atoms with Crippen LogP contribution in [0.25, 0.3) is 0 Å². The van der Waals surface area contributed by atoms with E-state index >= 15 is 0 Å². The Morgan fingerprint density at radius 3 is 2.25 bits per heavy atom. The maximum atomic E-state index is 12.3. The topological polar surface area (TPSA) is 69.7 Å². The van der Waals surface area contributed by atoms with Crippen LogP contribution in [0.5, 0.6) is 0 Å². The Labute approximate surface area is 115 Å². The van der Waals surface area contributed by atoms with E-state index in [4.69, 9.17) is 0 Å². The van der Waals surface area contributed by atoms with Gasteiger partial charge in [0.15, 0.2) is 6.10 Å². The van der Waals surface area contributed by atoms with Crippen LogP contribution < -0.4 is 0 Å². The van der Waals surface area contributed by atoms with E-state index in [0.717, 1.165) is 39.2 Å². The quantitative estimate of drug-likeness (QED) is 0.442. The van der Waals surface area contributed by atoms with Crippen molar-refractivity contribution in [3.8, 4) is 0 Å². The molecule has 1 aliphatic carbocycles. The zero-order chi connectivity index (χ0) is 15.4. The molecular formula is C11H17F3O5S. The molecule has 0 aromatic heterocycles. The summed E-state index contributed by atoms with van der Waals surface area (Å²) in [4.78, 5) is 11.4. The van der Waals surface area contributed by atoms with Crippen LogP contribution in [0.2, 0.25) is 0 Å². The monoisotopic (exact) mass is 318 g/mol. The Morgan fingerprint density at radius 2 is 1.80 bits per heavy atom. The first kappa shape index (κ1) is 17.2. The van der Waals surface area contributed by atoms with Crippen LogP contribution >= 0.6 is 0 Å². The van der Waals surface area contributed by atoms with Gasteiger partial charge < -0.3 is 4.74 Å². The summed E-state index contributed by atoms with van der Waals surface area (Å²) in [6, 6.07) is 0. The molecular weight excluding hydrogens is 301 g/mol. The van der Waals surface area contributed by atoms with Gasteiger partial charge in [0.05, 0.1) is 7.11 Å². The van der Waals surface area contributed by atoms with E-state index in [0.29, 0.717) is 0 Å². The molecule has 20 heavy (non-hydrogen) atoms. The van der Waals surface area contributed by atoms with Crippen LogP contribution in [-0.2, 0) is 23.8 Å². The van der Waals surface area contributed by atoms with E-state index in [1.807, 2.05) is 0 Å². The molecule has 0 aromatic carbocycles. The van der Waals surface area contributed by atoms with Gasteiger partial charge in [-0.1, -0.05) is 32.1 Å².